The van der Waals surface area contributed by atoms with Crippen LogP contribution in [0.2, 0.25) is 0 Å². The molecule has 4 rings (SSSR count). The summed E-state index contributed by atoms with van der Waals surface area (Å²) in [7, 11) is 1.65. The fourth-order valence-electron chi connectivity index (χ4n) is 4.34. The zero-order valence-electron chi connectivity index (χ0n) is 19.0. The average molecular weight is 433 g/mol. The Morgan fingerprint density at radius 2 is 1.88 bits per heavy atom. The predicted octanol–water partition coefficient (Wildman–Crippen LogP) is 3.83. The van der Waals surface area contributed by atoms with Crippen molar-refractivity contribution in [1.29, 1.82) is 0 Å². The molecule has 0 fully saturated rings. The smallest absolute Gasteiger partial charge is 0.272 e. The van der Waals surface area contributed by atoms with Gasteiger partial charge in [0.25, 0.3) is 5.91 Å². The van der Waals surface area contributed by atoms with Crippen LogP contribution in [0.4, 0.5) is 0 Å². The monoisotopic (exact) mass is 432 g/mol. The Balaban J connectivity index is 1.39. The molecule has 1 aromatic heterocycles. The van der Waals surface area contributed by atoms with E-state index in [0.717, 1.165) is 62.3 Å². The summed E-state index contributed by atoms with van der Waals surface area (Å²) in [5.41, 5.74) is 5.28. The maximum absolute atomic E-state index is 13.0. The minimum atomic E-state index is -0.101. The van der Waals surface area contributed by atoms with Crippen molar-refractivity contribution in [1.82, 2.24) is 20.0 Å². The summed E-state index contributed by atoms with van der Waals surface area (Å²) in [4.78, 5) is 15.5. The first-order valence-corrected chi connectivity index (χ1v) is 11.4. The number of aryl methyl sites for hydroxylation is 2. The highest BCUT2D eigenvalue weighted by Gasteiger charge is 2.27. The molecule has 0 saturated heterocycles. The van der Waals surface area contributed by atoms with Crippen LogP contribution < -0.4 is 10.1 Å². The Kier molecular flexibility index (Phi) is 7.22. The quantitative estimate of drug-likeness (QED) is 0.558. The molecule has 1 amide bonds. The molecule has 1 aliphatic heterocycles. The highest BCUT2D eigenvalue weighted by Crippen LogP contribution is 2.23. The minimum Gasteiger partial charge on any atom is -0.497 e. The number of nitrogens with zero attached hydrogens (tertiary/aromatic N) is 3. The summed E-state index contributed by atoms with van der Waals surface area (Å²) in [6, 6.07) is 18.4. The van der Waals surface area contributed by atoms with Gasteiger partial charge in [-0.15, -0.1) is 0 Å². The first kappa shape index (κ1) is 22.1. The van der Waals surface area contributed by atoms with Crippen LogP contribution in [0.1, 0.15) is 46.2 Å². The van der Waals surface area contributed by atoms with Crippen LogP contribution in [0.5, 0.6) is 5.75 Å². The molecule has 0 aliphatic carbocycles. The molecule has 2 heterocycles. The van der Waals surface area contributed by atoms with Crippen molar-refractivity contribution in [2.75, 3.05) is 20.2 Å². The Bertz CT molecular complexity index is 1030. The van der Waals surface area contributed by atoms with Gasteiger partial charge < -0.3 is 10.1 Å². The van der Waals surface area contributed by atoms with Crippen LogP contribution in [-0.2, 0) is 32.5 Å². The summed E-state index contributed by atoms with van der Waals surface area (Å²) < 4.78 is 7.20. The van der Waals surface area contributed by atoms with E-state index in [1.54, 1.807) is 7.11 Å². The molecule has 32 heavy (non-hydrogen) atoms. The van der Waals surface area contributed by atoms with Crippen LogP contribution in [0.15, 0.2) is 54.6 Å². The summed E-state index contributed by atoms with van der Waals surface area (Å²) in [6.07, 6.45) is 3.13. The predicted molar refractivity (Wildman–Crippen MR) is 126 cm³/mol. The van der Waals surface area contributed by atoms with Crippen LogP contribution >= 0.6 is 0 Å². The molecular formula is C26H32N4O2. The third-order valence-electron chi connectivity index (χ3n) is 6.12. The Hall–Kier alpha value is -3.12. The zero-order valence-corrected chi connectivity index (χ0v) is 19.0. The Labute approximate surface area is 190 Å². The number of carbonyl (C=O) groups excluding carboxylic acids is 1. The van der Waals surface area contributed by atoms with Crippen molar-refractivity contribution >= 4 is 5.91 Å². The van der Waals surface area contributed by atoms with E-state index in [9.17, 15) is 4.79 Å². The van der Waals surface area contributed by atoms with Gasteiger partial charge in [0.15, 0.2) is 5.69 Å². The number of hydrogen-bond donors (Lipinski definition) is 1. The molecule has 2 aromatic carbocycles. The van der Waals surface area contributed by atoms with E-state index in [1.807, 2.05) is 28.9 Å². The van der Waals surface area contributed by atoms with Crippen LogP contribution in [-0.4, -0.2) is 40.8 Å². The van der Waals surface area contributed by atoms with Gasteiger partial charge in [0.1, 0.15) is 5.75 Å². The van der Waals surface area contributed by atoms with Gasteiger partial charge in [0.05, 0.1) is 7.11 Å². The van der Waals surface area contributed by atoms with Crippen molar-refractivity contribution in [2.45, 2.75) is 45.8 Å². The summed E-state index contributed by atoms with van der Waals surface area (Å²) in [5.74, 6) is 0.707. The second-order valence-electron chi connectivity index (χ2n) is 8.24. The van der Waals surface area contributed by atoms with Crippen LogP contribution in [0.25, 0.3) is 0 Å². The van der Waals surface area contributed by atoms with E-state index in [4.69, 9.17) is 4.74 Å². The van der Waals surface area contributed by atoms with E-state index < -0.39 is 0 Å². The van der Waals surface area contributed by atoms with E-state index in [0.29, 0.717) is 12.2 Å². The molecule has 0 atom stereocenters. The number of fused-ring (bicyclic) bond motifs is 1. The second-order valence-corrected chi connectivity index (χ2v) is 8.24. The molecule has 1 aliphatic rings. The number of methoxy groups -OCH3 is 1. The van der Waals surface area contributed by atoms with Crippen molar-refractivity contribution in [3.8, 4) is 5.75 Å². The lowest BCUT2D eigenvalue weighted by Crippen LogP contribution is -2.33. The number of nitrogens with one attached hydrogen (secondary N) is 1. The fourth-order valence-corrected chi connectivity index (χ4v) is 4.34. The molecule has 0 bridgehead atoms. The third kappa shape index (κ3) is 5.19. The molecule has 1 N–H and O–H groups in total. The summed E-state index contributed by atoms with van der Waals surface area (Å²) >= 11 is 0. The number of rotatable bonds is 9. The minimum absolute atomic E-state index is 0.101. The fraction of sp³-hybridized carbons (Fsp3) is 0.385. The van der Waals surface area contributed by atoms with E-state index in [1.165, 1.54) is 11.3 Å². The largest absolute Gasteiger partial charge is 0.497 e. The molecule has 0 unspecified atom stereocenters. The number of ether oxygens (including phenoxy) is 1. The van der Waals surface area contributed by atoms with Crippen molar-refractivity contribution in [2.24, 2.45) is 0 Å². The molecule has 0 saturated carbocycles. The van der Waals surface area contributed by atoms with Crippen LogP contribution in [0.3, 0.4) is 0 Å². The molecule has 168 valence electrons. The van der Waals surface area contributed by atoms with Gasteiger partial charge in [-0.25, -0.2) is 0 Å². The topological polar surface area (TPSA) is 59.4 Å². The van der Waals surface area contributed by atoms with Gasteiger partial charge in [-0.2, -0.15) is 5.10 Å². The van der Waals surface area contributed by atoms with Crippen molar-refractivity contribution < 1.29 is 9.53 Å². The molecule has 0 radical (unpaired) electrons. The SMILES string of the molecule is CCn1nc(C(=O)NCc2ccc(OC)cc2)c2c1CCN(CCCc1ccccc1)C2. The normalized spacial score (nSPS) is 13.6. The molecular weight excluding hydrogens is 400 g/mol. The zero-order chi connectivity index (χ0) is 22.3. The number of amides is 1. The highest BCUT2D eigenvalue weighted by atomic mass is 16.5. The van der Waals surface area contributed by atoms with Crippen molar-refractivity contribution in [3.05, 3.63) is 82.7 Å². The first-order chi connectivity index (χ1) is 15.7. The van der Waals surface area contributed by atoms with Gasteiger partial charge >= 0.3 is 0 Å². The third-order valence-corrected chi connectivity index (χ3v) is 6.12. The number of carbonyl (C=O) groups is 1. The highest BCUT2D eigenvalue weighted by molar-refractivity contribution is 5.94. The van der Waals surface area contributed by atoms with Crippen LogP contribution in [0, 0.1) is 0 Å². The maximum Gasteiger partial charge on any atom is 0.272 e. The Morgan fingerprint density at radius 3 is 2.59 bits per heavy atom. The number of hydrogen-bond acceptors (Lipinski definition) is 4. The van der Waals surface area contributed by atoms with Crippen molar-refractivity contribution in [3.63, 3.8) is 0 Å². The lowest BCUT2D eigenvalue weighted by molar-refractivity contribution is 0.0943. The Morgan fingerprint density at radius 1 is 1.09 bits per heavy atom. The van der Waals surface area contributed by atoms with E-state index in [2.05, 4.69) is 52.6 Å². The van der Waals surface area contributed by atoms with Gasteiger partial charge in [-0.1, -0.05) is 42.5 Å². The summed E-state index contributed by atoms with van der Waals surface area (Å²) in [6.45, 7) is 6.16. The van der Waals surface area contributed by atoms with Gasteiger partial charge in [-0.3, -0.25) is 14.4 Å². The van der Waals surface area contributed by atoms with E-state index in [-0.39, 0.29) is 5.91 Å². The van der Waals surface area contributed by atoms with E-state index >= 15 is 0 Å². The maximum atomic E-state index is 13.0. The average Bonchev–Trinajstić information content (AvgIpc) is 3.21. The molecule has 6 heteroatoms. The van der Waals surface area contributed by atoms with Gasteiger partial charge in [-0.05, 0) is 49.6 Å². The molecule has 3 aromatic rings. The lowest BCUT2D eigenvalue weighted by Gasteiger charge is -2.27. The standard InChI is InChI=1S/C26H32N4O2/c1-3-30-24-15-17-29(16-7-10-20-8-5-4-6-9-20)19-23(24)25(28-30)26(31)27-18-21-11-13-22(32-2)14-12-21/h4-6,8-9,11-14H,3,7,10,15-19H2,1-2H3,(H,27,31). The van der Waals surface area contributed by atoms with Gasteiger partial charge in [0, 0.05) is 43.9 Å². The first-order valence-electron chi connectivity index (χ1n) is 11.4. The molecule has 6 nitrogen and oxygen atoms in total. The summed E-state index contributed by atoms with van der Waals surface area (Å²) in [5, 5.41) is 7.72. The van der Waals surface area contributed by atoms with Gasteiger partial charge in [0.2, 0.25) is 0 Å². The second kappa shape index (κ2) is 10.5. The lowest BCUT2D eigenvalue weighted by atomic mass is 10.0. The number of aromatic nitrogens is 2. The molecule has 0 spiro atoms. The number of benzene rings is 2.